The van der Waals surface area contributed by atoms with Crippen molar-refractivity contribution >= 4 is 11.9 Å². The molecule has 5 rings (SSSR count). The molecule has 36 heavy (non-hydrogen) atoms. The molecule has 5 heteroatoms. The first-order valence-electron chi connectivity index (χ1n) is 13.9. The van der Waals surface area contributed by atoms with Gasteiger partial charge < -0.3 is 14.5 Å². The normalized spacial score (nSPS) is 24.4. The molecule has 1 aliphatic carbocycles. The minimum atomic E-state index is -0.290. The number of likely N-dealkylation sites (tertiary alicyclic amines) is 1. The van der Waals surface area contributed by atoms with Crippen molar-refractivity contribution in [3.8, 4) is 11.1 Å². The molecule has 2 heterocycles. The fourth-order valence-electron chi connectivity index (χ4n) is 6.48. The minimum absolute atomic E-state index is 0.124. The Hall–Kier alpha value is -2.66. The van der Waals surface area contributed by atoms with Crippen LogP contribution in [0.15, 0.2) is 42.5 Å². The summed E-state index contributed by atoms with van der Waals surface area (Å²) < 4.78 is 5.01. The number of rotatable bonds is 6. The van der Waals surface area contributed by atoms with Crippen molar-refractivity contribution in [3.05, 3.63) is 59.2 Å². The van der Waals surface area contributed by atoms with Crippen LogP contribution >= 0.6 is 0 Å². The summed E-state index contributed by atoms with van der Waals surface area (Å²) in [7, 11) is 1.43. The van der Waals surface area contributed by atoms with Gasteiger partial charge in [0.05, 0.1) is 18.9 Å². The topological polar surface area (TPSA) is 49.9 Å². The van der Waals surface area contributed by atoms with E-state index in [1.807, 2.05) is 4.90 Å². The Morgan fingerprint density at radius 1 is 0.889 bits per heavy atom. The summed E-state index contributed by atoms with van der Waals surface area (Å²) in [6, 6.07) is 16.4. The summed E-state index contributed by atoms with van der Waals surface area (Å²) in [5, 5.41) is 0. The summed E-state index contributed by atoms with van der Waals surface area (Å²) in [5.74, 6) is -0.633. The monoisotopic (exact) mass is 488 g/mol. The lowest BCUT2D eigenvalue weighted by atomic mass is 9.78. The van der Waals surface area contributed by atoms with Gasteiger partial charge in [0.1, 0.15) is 0 Å². The van der Waals surface area contributed by atoms with E-state index in [1.165, 1.54) is 54.3 Å². The van der Waals surface area contributed by atoms with Crippen molar-refractivity contribution in [2.45, 2.75) is 70.9 Å². The number of carbonyl (C=O) groups excluding carboxylic acids is 2. The van der Waals surface area contributed by atoms with Gasteiger partial charge in [0.2, 0.25) is 5.91 Å². The molecule has 3 unspecified atom stereocenters. The van der Waals surface area contributed by atoms with E-state index in [-0.39, 0.29) is 23.7 Å². The highest BCUT2D eigenvalue weighted by Gasteiger charge is 2.39. The fraction of sp³-hybridized carbons (Fsp3) is 0.548. The molecule has 2 aromatic carbocycles. The molecular formula is C31H40N2O3. The van der Waals surface area contributed by atoms with Crippen LogP contribution in [0.4, 0.5) is 0 Å². The highest BCUT2D eigenvalue weighted by Crippen LogP contribution is 2.34. The van der Waals surface area contributed by atoms with E-state index < -0.39 is 0 Å². The van der Waals surface area contributed by atoms with Crippen LogP contribution in [0.2, 0.25) is 0 Å². The quantitative estimate of drug-likeness (QED) is 0.522. The van der Waals surface area contributed by atoms with E-state index in [0.29, 0.717) is 13.1 Å². The number of fused-ring (bicyclic) bond motifs is 1. The number of esters is 1. The molecule has 3 atom stereocenters. The van der Waals surface area contributed by atoms with E-state index in [1.54, 1.807) is 0 Å². The molecule has 5 nitrogen and oxygen atoms in total. The van der Waals surface area contributed by atoms with Crippen LogP contribution in [0.1, 0.15) is 62.1 Å². The number of amides is 1. The second-order valence-corrected chi connectivity index (χ2v) is 11.0. The highest BCUT2D eigenvalue weighted by molar-refractivity contribution is 5.86. The molecule has 2 fully saturated rings. The first-order chi connectivity index (χ1) is 17.5. The summed E-state index contributed by atoms with van der Waals surface area (Å²) >= 11 is 0. The molecule has 3 aliphatic rings. The second kappa shape index (κ2) is 11.2. The zero-order chi connectivity index (χ0) is 25.1. The van der Waals surface area contributed by atoms with E-state index in [0.717, 1.165) is 51.1 Å². The maximum atomic E-state index is 13.4. The Bertz CT molecular complexity index is 1080. The van der Waals surface area contributed by atoms with E-state index >= 15 is 0 Å². The van der Waals surface area contributed by atoms with Crippen LogP contribution in [0.25, 0.3) is 11.1 Å². The van der Waals surface area contributed by atoms with Crippen LogP contribution in [-0.2, 0) is 33.7 Å². The van der Waals surface area contributed by atoms with Gasteiger partial charge in [-0.05, 0) is 79.8 Å². The lowest BCUT2D eigenvalue weighted by molar-refractivity contribution is -0.155. The highest BCUT2D eigenvalue weighted by atomic mass is 16.5. The Balaban J connectivity index is 1.22. The van der Waals surface area contributed by atoms with Crippen molar-refractivity contribution in [3.63, 3.8) is 0 Å². The predicted octanol–water partition coefficient (Wildman–Crippen LogP) is 5.24. The van der Waals surface area contributed by atoms with Crippen LogP contribution in [0.3, 0.4) is 0 Å². The minimum Gasteiger partial charge on any atom is -0.469 e. The van der Waals surface area contributed by atoms with Gasteiger partial charge in [-0.3, -0.25) is 9.59 Å². The first kappa shape index (κ1) is 25.0. The predicted molar refractivity (Wildman–Crippen MR) is 142 cm³/mol. The third kappa shape index (κ3) is 5.36. The van der Waals surface area contributed by atoms with E-state index in [4.69, 9.17) is 4.74 Å². The number of nitrogens with zero attached hydrogens (tertiary/aromatic N) is 2. The molecule has 192 valence electrons. The van der Waals surface area contributed by atoms with Crippen LogP contribution in [0, 0.1) is 11.8 Å². The number of hydrogen-bond acceptors (Lipinski definition) is 4. The lowest BCUT2D eigenvalue weighted by Gasteiger charge is -2.36. The zero-order valence-electron chi connectivity index (χ0n) is 21.9. The van der Waals surface area contributed by atoms with Crippen LogP contribution in [-0.4, -0.2) is 54.5 Å². The van der Waals surface area contributed by atoms with Gasteiger partial charge in [-0.2, -0.15) is 0 Å². The maximum Gasteiger partial charge on any atom is 0.309 e. The SMILES string of the molecule is COC(=O)C1CCCCC1C(=O)N1CCc2cc(-c3ccc(CCN4CCCC4C)cc3)ccc2C1. The molecule has 2 aliphatic heterocycles. The van der Waals surface area contributed by atoms with Gasteiger partial charge in [-0.15, -0.1) is 0 Å². The van der Waals surface area contributed by atoms with Gasteiger partial charge in [0.25, 0.3) is 0 Å². The fourth-order valence-corrected chi connectivity index (χ4v) is 6.48. The second-order valence-electron chi connectivity index (χ2n) is 11.0. The third-order valence-electron chi connectivity index (χ3n) is 8.78. The van der Waals surface area contributed by atoms with Gasteiger partial charge >= 0.3 is 5.97 Å². The molecule has 0 radical (unpaired) electrons. The van der Waals surface area contributed by atoms with E-state index in [9.17, 15) is 9.59 Å². The Morgan fingerprint density at radius 2 is 1.64 bits per heavy atom. The summed E-state index contributed by atoms with van der Waals surface area (Å²) in [4.78, 5) is 30.2. The van der Waals surface area contributed by atoms with Gasteiger partial charge in [0, 0.05) is 25.7 Å². The largest absolute Gasteiger partial charge is 0.469 e. The molecule has 2 aromatic rings. The standard InChI is InChI=1S/C31H40N2O3/c1-22-6-5-17-32(22)18-15-23-9-11-24(12-10-23)25-13-14-27-21-33(19-16-26(27)20-25)30(34)28-7-3-4-8-29(28)31(35)36-2/h9-14,20,22,28-29H,3-8,15-19,21H2,1-2H3. The maximum absolute atomic E-state index is 13.4. The van der Waals surface area contributed by atoms with Crippen LogP contribution in [0.5, 0.6) is 0 Å². The zero-order valence-corrected chi connectivity index (χ0v) is 21.9. The van der Waals surface area contributed by atoms with Gasteiger partial charge in [-0.25, -0.2) is 0 Å². The number of ether oxygens (including phenoxy) is 1. The Morgan fingerprint density at radius 3 is 2.36 bits per heavy atom. The molecule has 0 aromatic heterocycles. The van der Waals surface area contributed by atoms with Crippen molar-refractivity contribution in [1.29, 1.82) is 0 Å². The molecule has 0 bridgehead atoms. The Labute approximate surface area is 215 Å². The van der Waals surface area contributed by atoms with Gasteiger partial charge in [0.15, 0.2) is 0 Å². The summed E-state index contributed by atoms with van der Waals surface area (Å²) in [5.41, 5.74) is 6.44. The summed E-state index contributed by atoms with van der Waals surface area (Å²) in [6.45, 7) is 6.08. The molecule has 1 saturated heterocycles. The van der Waals surface area contributed by atoms with Crippen molar-refractivity contribution in [2.75, 3.05) is 26.7 Å². The van der Waals surface area contributed by atoms with Crippen LogP contribution < -0.4 is 0 Å². The number of benzene rings is 2. The van der Waals surface area contributed by atoms with E-state index in [2.05, 4.69) is 54.3 Å². The average molecular weight is 489 g/mol. The number of hydrogen-bond donors (Lipinski definition) is 0. The van der Waals surface area contributed by atoms with Crippen molar-refractivity contribution in [1.82, 2.24) is 9.80 Å². The first-order valence-corrected chi connectivity index (χ1v) is 13.9. The molecule has 0 N–H and O–H groups in total. The molecule has 1 amide bonds. The third-order valence-corrected chi connectivity index (χ3v) is 8.78. The van der Waals surface area contributed by atoms with Gasteiger partial charge in [-0.1, -0.05) is 55.3 Å². The molecule has 1 saturated carbocycles. The number of methoxy groups -OCH3 is 1. The Kier molecular flexibility index (Phi) is 7.76. The average Bonchev–Trinajstić information content (AvgIpc) is 3.35. The smallest absolute Gasteiger partial charge is 0.309 e. The van der Waals surface area contributed by atoms with Crippen molar-refractivity contribution in [2.24, 2.45) is 11.8 Å². The lowest BCUT2D eigenvalue weighted by Crippen LogP contribution is -2.44. The van der Waals surface area contributed by atoms with Crippen molar-refractivity contribution < 1.29 is 14.3 Å². The molecular weight excluding hydrogens is 448 g/mol. The molecule has 0 spiro atoms. The summed E-state index contributed by atoms with van der Waals surface area (Å²) in [6.07, 6.45) is 8.17. The number of carbonyl (C=O) groups is 2.